The summed E-state index contributed by atoms with van der Waals surface area (Å²) in [5.74, 6) is 0. The molecule has 2 aliphatic rings. The molecule has 0 spiro atoms. The Kier molecular flexibility index (Phi) is 1.87. The van der Waals surface area contributed by atoms with Gasteiger partial charge in [-0.3, -0.25) is 0 Å². The van der Waals surface area contributed by atoms with Gasteiger partial charge < -0.3 is 15.3 Å². The van der Waals surface area contributed by atoms with Gasteiger partial charge in [-0.25, -0.2) is 0 Å². The molecule has 0 heterocycles. The number of aliphatic hydroxyl groups is 3. The van der Waals surface area contributed by atoms with Gasteiger partial charge in [0.25, 0.3) is 0 Å². The maximum atomic E-state index is 10.3. The van der Waals surface area contributed by atoms with Gasteiger partial charge in [-0.1, -0.05) is 20.8 Å². The summed E-state index contributed by atoms with van der Waals surface area (Å²) < 4.78 is 0. The van der Waals surface area contributed by atoms with Crippen LogP contribution in [0.4, 0.5) is 0 Å². The molecule has 2 rings (SSSR count). The van der Waals surface area contributed by atoms with Crippen molar-refractivity contribution in [3.05, 3.63) is 0 Å². The highest BCUT2D eigenvalue weighted by Crippen LogP contribution is 2.69. The maximum absolute atomic E-state index is 10.3. The smallest absolute Gasteiger partial charge is 0.0781 e. The van der Waals surface area contributed by atoms with Gasteiger partial charge in [0, 0.05) is 23.7 Å². The van der Waals surface area contributed by atoms with Gasteiger partial charge in [-0.15, -0.1) is 0 Å². The first-order chi connectivity index (χ1) is 6.32. The number of hydrogen-bond acceptors (Lipinski definition) is 3. The predicted octanol–water partition coefficient (Wildman–Crippen LogP) is 0.669. The van der Waals surface area contributed by atoms with Crippen LogP contribution in [-0.2, 0) is 0 Å². The first kappa shape index (κ1) is 10.4. The lowest BCUT2D eigenvalue weighted by Crippen LogP contribution is -2.67. The highest BCUT2D eigenvalue weighted by molar-refractivity contribution is 5.25. The third-order valence-electron chi connectivity index (χ3n) is 5.35. The largest absolute Gasteiger partial charge is 0.392 e. The maximum Gasteiger partial charge on any atom is 0.0781 e. The lowest BCUT2D eigenvalue weighted by atomic mass is 9.49. The van der Waals surface area contributed by atoms with Crippen LogP contribution in [0.25, 0.3) is 0 Å². The molecule has 2 fully saturated rings. The molecular weight excluding hydrogens is 180 g/mol. The summed E-state index contributed by atoms with van der Waals surface area (Å²) in [6, 6.07) is 0. The fourth-order valence-electron chi connectivity index (χ4n) is 3.62. The van der Waals surface area contributed by atoms with Crippen LogP contribution in [0.15, 0.2) is 0 Å². The van der Waals surface area contributed by atoms with Crippen LogP contribution in [0.1, 0.15) is 40.0 Å². The number of fused-ring (bicyclic) bond motifs is 1. The molecule has 0 bridgehead atoms. The van der Waals surface area contributed by atoms with Crippen LogP contribution in [0, 0.1) is 10.8 Å². The van der Waals surface area contributed by atoms with Crippen molar-refractivity contribution in [2.45, 2.75) is 57.8 Å². The summed E-state index contributed by atoms with van der Waals surface area (Å²) in [6.07, 6.45) is 0.625. The van der Waals surface area contributed by atoms with Crippen molar-refractivity contribution < 1.29 is 15.3 Å². The predicted molar refractivity (Wildman–Crippen MR) is 52.7 cm³/mol. The molecule has 3 nitrogen and oxygen atoms in total. The zero-order valence-corrected chi connectivity index (χ0v) is 9.12. The van der Waals surface area contributed by atoms with Gasteiger partial charge in [0.05, 0.1) is 17.8 Å². The second-order valence-corrected chi connectivity index (χ2v) is 5.44. The van der Waals surface area contributed by atoms with Crippen molar-refractivity contribution >= 4 is 0 Å². The average Bonchev–Trinajstić information content (AvgIpc) is 2.24. The SMILES string of the molecule is CC[C@@]1(C)C(O)CC2(O)C[C@@H](O)[C@@]21C. The molecule has 14 heavy (non-hydrogen) atoms. The van der Waals surface area contributed by atoms with Gasteiger partial charge in [-0.05, 0) is 6.42 Å². The number of rotatable bonds is 1. The van der Waals surface area contributed by atoms with Crippen LogP contribution in [0.5, 0.6) is 0 Å². The first-order valence-electron chi connectivity index (χ1n) is 5.40. The van der Waals surface area contributed by atoms with E-state index in [1.807, 2.05) is 20.8 Å². The van der Waals surface area contributed by atoms with E-state index >= 15 is 0 Å². The van der Waals surface area contributed by atoms with E-state index in [1.54, 1.807) is 0 Å². The van der Waals surface area contributed by atoms with E-state index in [9.17, 15) is 15.3 Å². The third-order valence-corrected chi connectivity index (χ3v) is 5.35. The molecule has 3 heteroatoms. The second-order valence-electron chi connectivity index (χ2n) is 5.44. The van der Waals surface area contributed by atoms with E-state index < -0.39 is 23.2 Å². The molecule has 0 aromatic heterocycles. The van der Waals surface area contributed by atoms with Gasteiger partial charge in [0.2, 0.25) is 0 Å². The quantitative estimate of drug-likeness (QED) is 0.583. The summed E-state index contributed by atoms with van der Waals surface area (Å²) in [5.41, 5.74) is -1.75. The molecule has 3 N–H and O–H groups in total. The molecule has 82 valence electrons. The summed E-state index contributed by atoms with van der Waals surface area (Å²) >= 11 is 0. The lowest BCUT2D eigenvalue weighted by molar-refractivity contribution is -0.251. The zero-order chi connectivity index (χ0) is 10.8. The summed E-state index contributed by atoms with van der Waals surface area (Å²) in [6.45, 7) is 5.88. The molecule has 0 saturated heterocycles. The highest BCUT2D eigenvalue weighted by Gasteiger charge is 2.75. The Hall–Kier alpha value is -0.120. The standard InChI is InChI=1S/C11H20O3/c1-4-9(2)7(12)5-11(14)6-8(13)10(9,11)3/h7-8,12-14H,4-6H2,1-3H3/t7?,8-,9+,10-,11?/m1/s1. The van der Waals surface area contributed by atoms with Crippen LogP contribution in [-0.4, -0.2) is 33.1 Å². The van der Waals surface area contributed by atoms with Gasteiger partial charge >= 0.3 is 0 Å². The van der Waals surface area contributed by atoms with Crippen molar-refractivity contribution in [3.63, 3.8) is 0 Å². The van der Waals surface area contributed by atoms with E-state index in [2.05, 4.69) is 0 Å². The normalized spacial score (nSPS) is 62.1. The van der Waals surface area contributed by atoms with Crippen LogP contribution in [0.2, 0.25) is 0 Å². The minimum absolute atomic E-state index is 0.362. The topological polar surface area (TPSA) is 60.7 Å². The molecule has 2 aliphatic carbocycles. The zero-order valence-electron chi connectivity index (χ0n) is 9.12. The second kappa shape index (κ2) is 2.52. The van der Waals surface area contributed by atoms with E-state index in [4.69, 9.17) is 0 Å². The minimum atomic E-state index is -0.851. The van der Waals surface area contributed by atoms with E-state index in [0.717, 1.165) is 6.42 Å². The van der Waals surface area contributed by atoms with Crippen molar-refractivity contribution in [2.24, 2.45) is 10.8 Å². The van der Waals surface area contributed by atoms with Crippen molar-refractivity contribution in [2.75, 3.05) is 0 Å². The van der Waals surface area contributed by atoms with Gasteiger partial charge in [0.1, 0.15) is 0 Å². The third kappa shape index (κ3) is 0.765. The molecule has 0 amide bonds. The Balaban J connectivity index is 2.44. The van der Waals surface area contributed by atoms with E-state index in [1.165, 1.54) is 0 Å². The van der Waals surface area contributed by atoms with E-state index in [-0.39, 0.29) is 5.41 Å². The molecule has 0 aliphatic heterocycles. The first-order valence-corrected chi connectivity index (χ1v) is 5.40. The van der Waals surface area contributed by atoms with E-state index in [0.29, 0.717) is 12.8 Å². The van der Waals surface area contributed by atoms with Crippen molar-refractivity contribution in [1.29, 1.82) is 0 Å². The van der Waals surface area contributed by atoms with Crippen LogP contribution < -0.4 is 0 Å². The fraction of sp³-hybridized carbons (Fsp3) is 1.00. The fourth-order valence-corrected chi connectivity index (χ4v) is 3.62. The van der Waals surface area contributed by atoms with Crippen molar-refractivity contribution in [1.82, 2.24) is 0 Å². The minimum Gasteiger partial charge on any atom is -0.392 e. The molecule has 0 aromatic rings. The molecule has 2 saturated carbocycles. The molecule has 2 unspecified atom stereocenters. The van der Waals surface area contributed by atoms with Gasteiger partial charge in [0.15, 0.2) is 0 Å². The Bertz CT molecular complexity index is 267. The summed E-state index contributed by atoms with van der Waals surface area (Å²) in [4.78, 5) is 0. The number of hydrogen-bond donors (Lipinski definition) is 3. The molecule has 0 radical (unpaired) electrons. The Morgan fingerprint density at radius 2 is 1.64 bits per heavy atom. The summed E-state index contributed by atoms with van der Waals surface area (Å²) in [7, 11) is 0. The van der Waals surface area contributed by atoms with Crippen LogP contribution >= 0.6 is 0 Å². The Morgan fingerprint density at radius 3 is 2.00 bits per heavy atom. The molecule has 0 aromatic carbocycles. The average molecular weight is 200 g/mol. The summed E-state index contributed by atoms with van der Waals surface area (Å²) in [5, 5.41) is 30.2. The molecule has 5 atom stereocenters. The van der Waals surface area contributed by atoms with Crippen molar-refractivity contribution in [3.8, 4) is 0 Å². The van der Waals surface area contributed by atoms with Gasteiger partial charge in [-0.2, -0.15) is 0 Å². The monoisotopic (exact) mass is 200 g/mol. The highest BCUT2D eigenvalue weighted by atomic mass is 16.3. The van der Waals surface area contributed by atoms with Crippen LogP contribution in [0.3, 0.4) is 0 Å². The Labute approximate surface area is 84.8 Å². The lowest BCUT2D eigenvalue weighted by Gasteiger charge is -2.60. The molecular formula is C11H20O3. The Morgan fingerprint density at radius 1 is 1.14 bits per heavy atom. The number of aliphatic hydroxyl groups excluding tert-OH is 2.